The minimum atomic E-state index is -5.10. The van der Waals surface area contributed by atoms with Crippen molar-refractivity contribution >= 4 is 17.8 Å². The summed E-state index contributed by atoms with van der Waals surface area (Å²) >= 11 is 0. The van der Waals surface area contributed by atoms with E-state index in [1.807, 2.05) is 6.07 Å². The summed E-state index contributed by atoms with van der Waals surface area (Å²) in [7, 11) is 0. The summed E-state index contributed by atoms with van der Waals surface area (Å²) in [5.41, 5.74) is -3.67. The Morgan fingerprint density at radius 3 is 2.23 bits per heavy atom. The van der Waals surface area contributed by atoms with Crippen molar-refractivity contribution in [3.8, 4) is 5.75 Å². The molecule has 4 amide bonds. The van der Waals surface area contributed by atoms with Gasteiger partial charge in [0.25, 0.3) is 5.91 Å². The number of hydrogen-bond donors (Lipinski definition) is 2. The molecule has 3 rings (SSSR count). The van der Waals surface area contributed by atoms with Gasteiger partial charge in [0.1, 0.15) is 18.9 Å². The Labute approximate surface area is 169 Å². The van der Waals surface area contributed by atoms with E-state index in [0.29, 0.717) is 5.75 Å². The highest BCUT2D eigenvalue weighted by Crippen LogP contribution is 2.43. The summed E-state index contributed by atoms with van der Waals surface area (Å²) in [4.78, 5) is 37.1. The number of ether oxygens (including phenoxy) is 1. The molecule has 0 spiro atoms. The lowest BCUT2D eigenvalue weighted by Gasteiger charge is -2.29. The molecule has 1 aliphatic heterocycles. The van der Waals surface area contributed by atoms with Crippen LogP contribution in [0.1, 0.15) is 5.56 Å². The molecule has 1 saturated heterocycles. The summed E-state index contributed by atoms with van der Waals surface area (Å²) < 4.78 is 47.0. The van der Waals surface area contributed by atoms with Gasteiger partial charge in [0.2, 0.25) is 11.4 Å². The first-order chi connectivity index (χ1) is 14.3. The summed E-state index contributed by atoms with van der Waals surface area (Å²) in [6.45, 7) is -0.701. The third-order valence-corrected chi connectivity index (χ3v) is 4.48. The Hall–Kier alpha value is -3.56. The topological polar surface area (TPSA) is 87.7 Å². The number of alkyl halides is 3. The quantitative estimate of drug-likeness (QED) is 0.530. The fourth-order valence-corrected chi connectivity index (χ4v) is 3.03. The van der Waals surface area contributed by atoms with Crippen LogP contribution < -0.4 is 15.4 Å². The van der Waals surface area contributed by atoms with Gasteiger partial charge in [-0.25, -0.2) is 4.79 Å². The highest BCUT2D eigenvalue weighted by molar-refractivity contribution is 6.09. The summed E-state index contributed by atoms with van der Waals surface area (Å²) in [5.74, 6) is -1.76. The first-order valence-corrected chi connectivity index (χ1v) is 8.96. The van der Waals surface area contributed by atoms with E-state index in [-0.39, 0.29) is 18.1 Å². The van der Waals surface area contributed by atoms with Gasteiger partial charge < -0.3 is 15.4 Å². The molecule has 2 aromatic carbocycles. The molecular formula is C20H18F3N3O4. The fourth-order valence-electron chi connectivity index (χ4n) is 3.03. The molecule has 10 heteroatoms. The van der Waals surface area contributed by atoms with E-state index in [1.54, 1.807) is 29.6 Å². The zero-order valence-corrected chi connectivity index (χ0v) is 15.6. The largest absolute Gasteiger partial charge is 0.492 e. The van der Waals surface area contributed by atoms with Crippen LogP contribution in [-0.2, 0) is 15.1 Å². The number of rotatable bonds is 7. The van der Waals surface area contributed by atoms with E-state index in [9.17, 15) is 27.6 Å². The lowest BCUT2D eigenvalue weighted by atomic mass is 9.89. The molecule has 158 valence electrons. The number of carbonyl (C=O) groups is 3. The molecule has 1 atom stereocenters. The molecule has 30 heavy (non-hydrogen) atoms. The maximum atomic E-state index is 13.9. The molecule has 0 aliphatic carbocycles. The van der Waals surface area contributed by atoms with Gasteiger partial charge in [-0.1, -0.05) is 48.5 Å². The molecular weight excluding hydrogens is 403 g/mol. The van der Waals surface area contributed by atoms with Crippen molar-refractivity contribution in [2.24, 2.45) is 0 Å². The second-order valence-electron chi connectivity index (χ2n) is 6.45. The number of halogens is 3. The molecule has 0 radical (unpaired) electrons. The van der Waals surface area contributed by atoms with Gasteiger partial charge in [-0.05, 0) is 17.7 Å². The maximum Gasteiger partial charge on any atom is 0.425 e. The summed E-state index contributed by atoms with van der Waals surface area (Å²) in [6, 6.07) is 13.8. The van der Waals surface area contributed by atoms with Crippen molar-refractivity contribution in [1.82, 2.24) is 15.5 Å². The molecule has 0 saturated carbocycles. The highest BCUT2D eigenvalue weighted by atomic mass is 19.4. The molecule has 1 heterocycles. The van der Waals surface area contributed by atoms with Gasteiger partial charge in [-0.2, -0.15) is 13.2 Å². The molecule has 0 bridgehead atoms. The van der Waals surface area contributed by atoms with E-state index in [4.69, 9.17) is 4.74 Å². The Bertz CT molecular complexity index is 922. The zero-order valence-electron chi connectivity index (χ0n) is 15.6. The number of benzene rings is 2. The van der Waals surface area contributed by atoms with Gasteiger partial charge in [0, 0.05) is 0 Å². The minimum Gasteiger partial charge on any atom is -0.492 e. The third kappa shape index (κ3) is 4.07. The van der Waals surface area contributed by atoms with E-state index >= 15 is 0 Å². The second kappa shape index (κ2) is 8.44. The smallest absolute Gasteiger partial charge is 0.425 e. The Morgan fingerprint density at radius 2 is 1.63 bits per heavy atom. The summed E-state index contributed by atoms with van der Waals surface area (Å²) in [6.07, 6.45) is -5.10. The molecule has 1 unspecified atom stereocenters. The maximum absolute atomic E-state index is 13.9. The predicted molar refractivity (Wildman–Crippen MR) is 99.4 cm³/mol. The number of amides is 4. The van der Waals surface area contributed by atoms with Crippen LogP contribution in [0.25, 0.3) is 0 Å². The average Bonchev–Trinajstić information content (AvgIpc) is 2.98. The van der Waals surface area contributed by atoms with Crippen LogP contribution in [0.4, 0.5) is 18.0 Å². The van der Waals surface area contributed by atoms with Gasteiger partial charge in [-0.3, -0.25) is 14.5 Å². The fraction of sp³-hybridized carbons (Fsp3) is 0.250. The Balaban J connectivity index is 1.64. The van der Waals surface area contributed by atoms with E-state index in [2.05, 4.69) is 5.32 Å². The van der Waals surface area contributed by atoms with Crippen molar-refractivity contribution in [1.29, 1.82) is 0 Å². The first-order valence-electron chi connectivity index (χ1n) is 8.96. The molecule has 2 N–H and O–H groups in total. The number of para-hydroxylation sites is 1. The lowest BCUT2D eigenvalue weighted by Crippen LogP contribution is -2.56. The minimum absolute atomic E-state index is 0.0421. The molecule has 0 aromatic heterocycles. The van der Waals surface area contributed by atoms with Crippen LogP contribution in [0.5, 0.6) is 5.75 Å². The van der Waals surface area contributed by atoms with Crippen molar-refractivity contribution < 1.29 is 32.3 Å². The molecule has 7 nitrogen and oxygen atoms in total. The molecule has 1 aliphatic rings. The van der Waals surface area contributed by atoms with Gasteiger partial charge in [0.15, 0.2) is 0 Å². The van der Waals surface area contributed by atoms with Crippen LogP contribution in [0, 0.1) is 0 Å². The average molecular weight is 421 g/mol. The number of carbonyl (C=O) groups excluding carboxylic acids is 3. The Morgan fingerprint density at radius 1 is 1.03 bits per heavy atom. The van der Waals surface area contributed by atoms with Crippen LogP contribution in [0.15, 0.2) is 60.7 Å². The number of nitrogens with zero attached hydrogens (tertiary/aromatic N) is 1. The number of hydrogen-bond acceptors (Lipinski definition) is 4. The molecule has 1 fully saturated rings. The van der Waals surface area contributed by atoms with Crippen LogP contribution in [0.3, 0.4) is 0 Å². The summed E-state index contributed by atoms with van der Waals surface area (Å²) in [5, 5.41) is 4.13. The van der Waals surface area contributed by atoms with Gasteiger partial charge in [-0.15, -0.1) is 0 Å². The Kier molecular flexibility index (Phi) is 5.95. The second-order valence-corrected chi connectivity index (χ2v) is 6.45. The van der Waals surface area contributed by atoms with Gasteiger partial charge in [0.05, 0.1) is 6.54 Å². The van der Waals surface area contributed by atoms with Crippen molar-refractivity contribution in [2.45, 2.75) is 11.7 Å². The van der Waals surface area contributed by atoms with Crippen molar-refractivity contribution in [3.63, 3.8) is 0 Å². The normalized spacial score (nSPS) is 18.8. The highest BCUT2D eigenvalue weighted by Gasteiger charge is 2.68. The van der Waals surface area contributed by atoms with Crippen LogP contribution in [0.2, 0.25) is 0 Å². The molecule has 2 aromatic rings. The third-order valence-electron chi connectivity index (χ3n) is 4.48. The standard InChI is InChI=1S/C20H18F3N3O4/c21-20(22,23)19(14-7-3-1-4-8-14)17(28)26(18(29)25-19)13-16(27)24-11-12-30-15-9-5-2-6-10-15/h1-10H,11-13H2,(H,24,27)(H,25,29). The first kappa shape index (κ1) is 21.2. The lowest BCUT2D eigenvalue weighted by molar-refractivity contribution is -0.198. The number of nitrogens with one attached hydrogen (secondary N) is 2. The van der Waals surface area contributed by atoms with Crippen molar-refractivity contribution in [2.75, 3.05) is 19.7 Å². The number of imide groups is 1. The predicted octanol–water partition coefficient (Wildman–Crippen LogP) is 2.19. The van der Waals surface area contributed by atoms with E-state index < -0.39 is 41.7 Å². The SMILES string of the molecule is O=C(CN1C(=O)NC(c2ccccc2)(C(F)(F)F)C1=O)NCCOc1ccccc1. The monoisotopic (exact) mass is 421 g/mol. The zero-order chi connectivity index (χ0) is 21.8. The van der Waals surface area contributed by atoms with Crippen molar-refractivity contribution in [3.05, 3.63) is 66.2 Å². The van der Waals surface area contributed by atoms with Crippen LogP contribution >= 0.6 is 0 Å². The van der Waals surface area contributed by atoms with Crippen LogP contribution in [-0.4, -0.2) is 48.6 Å². The number of urea groups is 1. The van der Waals surface area contributed by atoms with E-state index in [1.165, 1.54) is 18.2 Å². The van der Waals surface area contributed by atoms with E-state index in [0.717, 1.165) is 12.1 Å². The van der Waals surface area contributed by atoms with Gasteiger partial charge >= 0.3 is 12.2 Å².